The largest absolute Gasteiger partial charge is 0.299 e. The summed E-state index contributed by atoms with van der Waals surface area (Å²) >= 11 is 1.58. The Labute approximate surface area is 98.5 Å². The maximum absolute atomic E-state index is 11.7. The van der Waals surface area contributed by atoms with Crippen LogP contribution in [-0.2, 0) is 11.2 Å². The first-order valence-electron chi connectivity index (χ1n) is 5.35. The number of nitrogens with zero attached hydrogens (tertiary/aromatic N) is 2. The molecule has 0 aromatic carbocycles. The maximum Gasteiger partial charge on any atom is 0.139 e. The third kappa shape index (κ3) is 2.44. The Hall–Kier alpha value is -1.29. The Kier molecular flexibility index (Phi) is 3.29. The van der Waals surface area contributed by atoms with Crippen LogP contribution in [0.4, 0.5) is 0 Å². The fourth-order valence-corrected chi connectivity index (χ4v) is 2.45. The summed E-state index contributed by atoms with van der Waals surface area (Å²) in [5.41, 5.74) is 0.858. The molecule has 0 unspecified atom stereocenters. The molecule has 0 atom stereocenters. The molecule has 2 aromatic rings. The topological polar surface area (TPSA) is 42.9 Å². The van der Waals surface area contributed by atoms with E-state index in [0.29, 0.717) is 18.8 Å². The highest BCUT2D eigenvalue weighted by atomic mass is 32.1. The smallest absolute Gasteiger partial charge is 0.139 e. The van der Waals surface area contributed by atoms with Crippen LogP contribution >= 0.6 is 11.3 Å². The Morgan fingerprint density at radius 2 is 2.25 bits per heavy atom. The first-order chi connectivity index (χ1) is 7.66. The Bertz CT molecular complexity index is 504. The molecule has 16 heavy (non-hydrogen) atoms. The summed E-state index contributed by atoms with van der Waals surface area (Å²) in [4.78, 5) is 21.1. The molecule has 84 valence electrons. The van der Waals surface area contributed by atoms with Crippen molar-refractivity contribution in [1.82, 2.24) is 9.97 Å². The molecule has 0 radical (unpaired) electrons. The van der Waals surface area contributed by atoms with E-state index in [-0.39, 0.29) is 5.78 Å². The number of fused-ring (bicyclic) bond motifs is 1. The van der Waals surface area contributed by atoms with Gasteiger partial charge in [0.25, 0.3) is 0 Å². The Morgan fingerprint density at radius 3 is 3.00 bits per heavy atom. The van der Waals surface area contributed by atoms with E-state index in [9.17, 15) is 4.79 Å². The summed E-state index contributed by atoms with van der Waals surface area (Å²) in [6.07, 6.45) is 2.58. The second-order valence-corrected chi connectivity index (χ2v) is 5.17. The summed E-state index contributed by atoms with van der Waals surface area (Å²) in [6.45, 7) is 4.11. The Balaban J connectivity index is 2.20. The van der Waals surface area contributed by atoms with Gasteiger partial charge in [-0.15, -0.1) is 11.3 Å². The zero-order chi connectivity index (χ0) is 11.5. The van der Waals surface area contributed by atoms with Crippen molar-refractivity contribution >= 4 is 27.3 Å². The lowest BCUT2D eigenvalue weighted by Gasteiger charge is -2.04. The van der Waals surface area contributed by atoms with Crippen LogP contribution in [0.15, 0.2) is 17.8 Å². The number of hydrogen-bond acceptors (Lipinski definition) is 4. The molecular weight excluding hydrogens is 220 g/mol. The van der Waals surface area contributed by atoms with Gasteiger partial charge in [-0.25, -0.2) is 9.97 Å². The van der Waals surface area contributed by atoms with E-state index in [0.717, 1.165) is 15.9 Å². The molecule has 0 spiro atoms. The average molecular weight is 234 g/mol. The van der Waals surface area contributed by atoms with Crippen LogP contribution < -0.4 is 0 Å². The van der Waals surface area contributed by atoms with Crippen molar-refractivity contribution in [2.45, 2.75) is 26.7 Å². The number of aromatic nitrogens is 2. The molecular formula is C12H14N2OS. The van der Waals surface area contributed by atoms with Gasteiger partial charge in [0.1, 0.15) is 16.9 Å². The molecule has 0 aliphatic rings. The number of Topliss-reactive ketones (excluding diaryl/α,β-unsaturated/α-hetero) is 1. The summed E-state index contributed by atoms with van der Waals surface area (Å²) in [5, 5.41) is 3.00. The van der Waals surface area contributed by atoms with E-state index in [2.05, 4.69) is 23.8 Å². The number of carbonyl (C=O) groups is 1. The molecule has 0 saturated carbocycles. The number of ketones is 1. The van der Waals surface area contributed by atoms with Crippen LogP contribution in [0.2, 0.25) is 0 Å². The number of hydrogen-bond donors (Lipinski definition) is 0. The molecule has 0 aliphatic carbocycles. The van der Waals surface area contributed by atoms with E-state index in [4.69, 9.17) is 0 Å². The van der Waals surface area contributed by atoms with Crippen LogP contribution in [0.3, 0.4) is 0 Å². The zero-order valence-corrected chi connectivity index (χ0v) is 10.3. The highest BCUT2D eigenvalue weighted by Crippen LogP contribution is 2.21. The lowest BCUT2D eigenvalue weighted by Crippen LogP contribution is -2.07. The van der Waals surface area contributed by atoms with Gasteiger partial charge in [-0.2, -0.15) is 0 Å². The summed E-state index contributed by atoms with van der Waals surface area (Å²) in [7, 11) is 0. The standard InChI is InChI=1S/C12H14N2OS/c1-8(2)5-9(15)6-11-10-3-4-16-12(10)14-7-13-11/h3-4,7-8H,5-6H2,1-2H3. The van der Waals surface area contributed by atoms with Crippen molar-refractivity contribution in [2.75, 3.05) is 0 Å². The summed E-state index contributed by atoms with van der Waals surface area (Å²) in [5.74, 6) is 0.661. The summed E-state index contributed by atoms with van der Waals surface area (Å²) in [6, 6.07) is 1.98. The van der Waals surface area contributed by atoms with Gasteiger partial charge >= 0.3 is 0 Å². The predicted molar refractivity (Wildman–Crippen MR) is 65.6 cm³/mol. The molecule has 2 aromatic heterocycles. The maximum atomic E-state index is 11.7. The highest BCUT2D eigenvalue weighted by Gasteiger charge is 2.10. The van der Waals surface area contributed by atoms with E-state index >= 15 is 0 Å². The van der Waals surface area contributed by atoms with Gasteiger partial charge in [0.2, 0.25) is 0 Å². The Morgan fingerprint density at radius 1 is 1.44 bits per heavy atom. The predicted octanol–water partition coefficient (Wildman–Crippen LogP) is 2.85. The van der Waals surface area contributed by atoms with E-state index in [1.54, 1.807) is 11.3 Å². The van der Waals surface area contributed by atoms with Crippen molar-refractivity contribution in [2.24, 2.45) is 5.92 Å². The number of rotatable bonds is 4. The minimum atomic E-state index is 0.251. The molecule has 2 rings (SSSR count). The third-order valence-corrected chi connectivity index (χ3v) is 3.17. The minimum absolute atomic E-state index is 0.251. The van der Waals surface area contributed by atoms with Crippen molar-refractivity contribution in [3.05, 3.63) is 23.5 Å². The van der Waals surface area contributed by atoms with E-state index < -0.39 is 0 Å². The monoisotopic (exact) mass is 234 g/mol. The lowest BCUT2D eigenvalue weighted by molar-refractivity contribution is -0.119. The van der Waals surface area contributed by atoms with Crippen LogP contribution in [0.1, 0.15) is 26.0 Å². The van der Waals surface area contributed by atoms with Crippen molar-refractivity contribution in [1.29, 1.82) is 0 Å². The van der Waals surface area contributed by atoms with Crippen molar-refractivity contribution in [3.63, 3.8) is 0 Å². The molecule has 0 aliphatic heterocycles. The third-order valence-electron chi connectivity index (χ3n) is 2.34. The fraction of sp³-hybridized carbons (Fsp3) is 0.417. The van der Waals surface area contributed by atoms with Crippen LogP contribution in [-0.4, -0.2) is 15.8 Å². The van der Waals surface area contributed by atoms with Crippen molar-refractivity contribution in [3.8, 4) is 0 Å². The normalized spacial score (nSPS) is 11.2. The van der Waals surface area contributed by atoms with Gasteiger partial charge in [0.15, 0.2) is 0 Å². The minimum Gasteiger partial charge on any atom is -0.299 e. The zero-order valence-electron chi connectivity index (χ0n) is 9.43. The second-order valence-electron chi connectivity index (χ2n) is 4.27. The van der Waals surface area contributed by atoms with Crippen molar-refractivity contribution < 1.29 is 4.79 Å². The molecule has 0 bridgehead atoms. The van der Waals surface area contributed by atoms with Gasteiger partial charge < -0.3 is 0 Å². The molecule has 2 heterocycles. The summed E-state index contributed by atoms with van der Waals surface area (Å²) < 4.78 is 0. The van der Waals surface area contributed by atoms with Gasteiger partial charge in [0.05, 0.1) is 5.69 Å². The first-order valence-corrected chi connectivity index (χ1v) is 6.23. The lowest BCUT2D eigenvalue weighted by atomic mass is 10.0. The molecule has 4 heteroatoms. The highest BCUT2D eigenvalue weighted by molar-refractivity contribution is 7.16. The SMILES string of the molecule is CC(C)CC(=O)Cc1ncnc2sccc12. The van der Waals surface area contributed by atoms with Gasteiger partial charge in [0, 0.05) is 18.2 Å². The molecule has 0 amide bonds. The van der Waals surface area contributed by atoms with Gasteiger partial charge in [-0.3, -0.25) is 4.79 Å². The quantitative estimate of drug-likeness (QED) is 0.817. The second kappa shape index (κ2) is 4.70. The van der Waals surface area contributed by atoms with E-state index in [1.165, 1.54) is 6.33 Å². The number of thiophene rings is 1. The molecule has 3 nitrogen and oxygen atoms in total. The van der Waals surface area contributed by atoms with Gasteiger partial charge in [-0.1, -0.05) is 13.8 Å². The van der Waals surface area contributed by atoms with Crippen LogP contribution in [0.5, 0.6) is 0 Å². The molecule has 0 N–H and O–H groups in total. The van der Waals surface area contributed by atoms with Crippen LogP contribution in [0, 0.1) is 5.92 Å². The molecule has 0 saturated heterocycles. The molecule has 0 fully saturated rings. The average Bonchev–Trinajstić information content (AvgIpc) is 2.65. The van der Waals surface area contributed by atoms with Gasteiger partial charge in [-0.05, 0) is 17.4 Å². The van der Waals surface area contributed by atoms with E-state index in [1.807, 2.05) is 11.4 Å². The first kappa shape index (κ1) is 11.2. The van der Waals surface area contributed by atoms with Crippen LogP contribution in [0.25, 0.3) is 10.2 Å². The number of carbonyl (C=O) groups excluding carboxylic acids is 1. The fourth-order valence-electron chi connectivity index (χ4n) is 1.70.